The second-order valence-corrected chi connectivity index (χ2v) is 6.85. The minimum atomic E-state index is -0.399. The topological polar surface area (TPSA) is 73.2 Å². The van der Waals surface area contributed by atoms with E-state index in [1.165, 1.54) is 11.3 Å². The van der Waals surface area contributed by atoms with Crippen LogP contribution in [0.4, 0.5) is 5.69 Å². The molecule has 2 aromatic heterocycles. The van der Waals surface area contributed by atoms with E-state index in [9.17, 15) is 9.59 Å². The molecule has 0 saturated carbocycles. The summed E-state index contributed by atoms with van der Waals surface area (Å²) >= 11 is 1.37. The zero-order valence-corrected chi connectivity index (χ0v) is 15.4. The number of aryl methyl sites for hydroxylation is 2. The van der Waals surface area contributed by atoms with Crippen LogP contribution in [-0.4, -0.2) is 21.4 Å². The number of benzene rings is 1. The number of aromatic nitrogens is 2. The SMILES string of the molecule is Cc1ccc(NC(=O)Cc2nc(COC(=O)c3cccn3C)cs2)cc1. The van der Waals surface area contributed by atoms with Gasteiger partial charge < -0.3 is 14.6 Å². The minimum Gasteiger partial charge on any atom is -0.454 e. The number of hydrogen-bond acceptors (Lipinski definition) is 5. The van der Waals surface area contributed by atoms with Gasteiger partial charge in [0.05, 0.1) is 12.1 Å². The molecule has 0 bridgehead atoms. The molecule has 0 radical (unpaired) electrons. The Morgan fingerprint density at radius 3 is 2.69 bits per heavy atom. The van der Waals surface area contributed by atoms with Gasteiger partial charge in [-0.1, -0.05) is 17.7 Å². The minimum absolute atomic E-state index is 0.0834. The van der Waals surface area contributed by atoms with Gasteiger partial charge in [-0.05, 0) is 31.2 Å². The Morgan fingerprint density at radius 1 is 1.23 bits per heavy atom. The Kier molecular flexibility index (Phi) is 5.48. The van der Waals surface area contributed by atoms with E-state index in [0.29, 0.717) is 16.4 Å². The maximum Gasteiger partial charge on any atom is 0.355 e. The van der Waals surface area contributed by atoms with Crippen LogP contribution in [0, 0.1) is 6.92 Å². The van der Waals surface area contributed by atoms with Crippen LogP contribution >= 0.6 is 11.3 Å². The van der Waals surface area contributed by atoms with Crippen molar-refractivity contribution < 1.29 is 14.3 Å². The number of hydrogen-bond donors (Lipinski definition) is 1. The molecule has 2 heterocycles. The number of anilines is 1. The third kappa shape index (κ3) is 4.58. The molecular formula is C19H19N3O3S. The molecule has 1 N–H and O–H groups in total. The standard InChI is InChI=1S/C19H19N3O3S/c1-13-5-7-14(8-6-13)20-17(23)10-18-21-15(12-26-18)11-25-19(24)16-4-3-9-22(16)2/h3-9,12H,10-11H2,1-2H3,(H,20,23). The number of esters is 1. The highest BCUT2D eigenvalue weighted by Crippen LogP contribution is 2.14. The first kappa shape index (κ1) is 17.9. The molecule has 0 fully saturated rings. The van der Waals surface area contributed by atoms with Gasteiger partial charge in [0.15, 0.2) is 0 Å². The summed E-state index contributed by atoms with van der Waals surface area (Å²) in [6.45, 7) is 2.08. The molecule has 1 amide bonds. The summed E-state index contributed by atoms with van der Waals surface area (Å²) in [4.78, 5) is 28.4. The molecule has 0 aliphatic carbocycles. The summed E-state index contributed by atoms with van der Waals surface area (Å²) < 4.78 is 6.96. The predicted molar refractivity (Wildman–Crippen MR) is 100 cm³/mol. The summed E-state index contributed by atoms with van der Waals surface area (Å²) in [5, 5.41) is 5.32. The average Bonchev–Trinajstić information content (AvgIpc) is 3.23. The van der Waals surface area contributed by atoms with Crippen molar-refractivity contribution in [1.82, 2.24) is 9.55 Å². The van der Waals surface area contributed by atoms with E-state index < -0.39 is 5.97 Å². The Labute approximate surface area is 155 Å². The Morgan fingerprint density at radius 2 is 2.00 bits per heavy atom. The first-order valence-electron chi connectivity index (χ1n) is 8.09. The molecule has 134 valence electrons. The third-order valence-electron chi connectivity index (χ3n) is 3.75. The molecule has 0 aliphatic heterocycles. The van der Waals surface area contributed by atoms with Gasteiger partial charge in [0.1, 0.15) is 17.3 Å². The summed E-state index contributed by atoms with van der Waals surface area (Å²) in [6, 6.07) is 11.1. The lowest BCUT2D eigenvalue weighted by molar-refractivity contribution is -0.115. The van der Waals surface area contributed by atoms with E-state index in [4.69, 9.17) is 4.74 Å². The highest BCUT2D eigenvalue weighted by Gasteiger charge is 2.13. The normalized spacial score (nSPS) is 10.5. The van der Waals surface area contributed by atoms with Gasteiger partial charge in [0.25, 0.3) is 0 Å². The fourth-order valence-electron chi connectivity index (χ4n) is 2.36. The lowest BCUT2D eigenvalue weighted by atomic mass is 10.2. The third-order valence-corrected chi connectivity index (χ3v) is 4.65. The first-order valence-corrected chi connectivity index (χ1v) is 8.97. The molecule has 0 atom stereocenters. The predicted octanol–water partition coefficient (Wildman–Crippen LogP) is 3.33. The van der Waals surface area contributed by atoms with Crippen LogP contribution in [0.5, 0.6) is 0 Å². The van der Waals surface area contributed by atoms with Crippen LogP contribution in [0.15, 0.2) is 48.0 Å². The number of ether oxygens (including phenoxy) is 1. The van der Waals surface area contributed by atoms with Crippen LogP contribution in [0.1, 0.15) is 26.8 Å². The molecule has 26 heavy (non-hydrogen) atoms. The zero-order valence-electron chi connectivity index (χ0n) is 14.6. The van der Waals surface area contributed by atoms with Crippen molar-refractivity contribution in [3.8, 4) is 0 Å². The second kappa shape index (κ2) is 7.97. The van der Waals surface area contributed by atoms with Crippen LogP contribution in [0.25, 0.3) is 0 Å². The maximum absolute atomic E-state index is 12.1. The lowest BCUT2D eigenvalue weighted by Crippen LogP contribution is -2.14. The summed E-state index contributed by atoms with van der Waals surface area (Å²) in [5.74, 6) is -0.528. The Balaban J connectivity index is 1.51. The van der Waals surface area contributed by atoms with Crippen molar-refractivity contribution in [1.29, 1.82) is 0 Å². The van der Waals surface area contributed by atoms with Gasteiger partial charge in [0.2, 0.25) is 5.91 Å². The van der Waals surface area contributed by atoms with Crippen molar-refractivity contribution in [2.24, 2.45) is 7.05 Å². The number of carbonyl (C=O) groups is 2. The number of amides is 1. The number of nitrogens with one attached hydrogen (secondary N) is 1. The smallest absolute Gasteiger partial charge is 0.355 e. The molecule has 0 spiro atoms. The molecule has 1 aromatic carbocycles. The monoisotopic (exact) mass is 369 g/mol. The van der Waals surface area contributed by atoms with E-state index in [2.05, 4.69) is 10.3 Å². The van der Waals surface area contributed by atoms with Gasteiger partial charge >= 0.3 is 5.97 Å². The fraction of sp³-hybridized carbons (Fsp3) is 0.211. The lowest BCUT2D eigenvalue weighted by Gasteiger charge is -2.04. The maximum atomic E-state index is 12.1. The summed E-state index contributed by atoms with van der Waals surface area (Å²) in [7, 11) is 1.78. The number of nitrogens with zero attached hydrogens (tertiary/aromatic N) is 2. The molecule has 0 aliphatic rings. The molecule has 7 heteroatoms. The Bertz CT molecular complexity index is 912. The van der Waals surface area contributed by atoms with E-state index in [0.717, 1.165) is 11.3 Å². The van der Waals surface area contributed by atoms with E-state index in [1.54, 1.807) is 35.3 Å². The van der Waals surface area contributed by atoms with E-state index in [-0.39, 0.29) is 18.9 Å². The number of carbonyl (C=O) groups excluding carboxylic acids is 2. The fourth-order valence-corrected chi connectivity index (χ4v) is 3.14. The van der Waals surface area contributed by atoms with Gasteiger partial charge in [0, 0.05) is 24.3 Å². The van der Waals surface area contributed by atoms with Gasteiger partial charge in [-0.2, -0.15) is 0 Å². The van der Waals surface area contributed by atoms with Crippen LogP contribution in [-0.2, 0) is 29.6 Å². The molecule has 6 nitrogen and oxygen atoms in total. The van der Waals surface area contributed by atoms with Crippen molar-refractivity contribution in [3.63, 3.8) is 0 Å². The summed E-state index contributed by atoms with van der Waals surface area (Å²) in [6.07, 6.45) is 1.97. The van der Waals surface area contributed by atoms with Crippen LogP contribution in [0.3, 0.4) is 0 Å². The molecule has 0 saturated heterocycles. The Hall–Kier alpha value is -2.93. The second-order valence-electron chi connectivity index (χ2n) is 5.90. The first-order chi connectivity index (χ1) is 12.5. The highest BCUT2D eigenvalue weighted by atomic mass is 32.1. The quantitative estimate of drug-likeness (QED) is 0.677. The largest absolute Gasteiger partial charge is 0.454 e. The van der Waals surface area contributed by atoms with Gasteiger partial charge in [-0.3, -0.25) is 4.79 Å². The molecule has 3 rings (SSSR count). The van der Waals surface area contributed by atoms with Crippen molar-refractivity contribution in [2.75, 3.05) is 5.32 Å². The molecule has 0 unspecified atom stereocenters. The van der Waals surface area contributed by atoms with Crippen LogP contribution in [0.2, 0.25) is 0 Å². The van der Waals surface area contributed by atoms with Gasteiger partial charge in [-0.15, -0.1) is 11.3 Å². The molecule has 3 aromatic rings. The molecular weight excluding hydrogens is 350 g/mol. The van der Waals surface area contributed by atoms with E-state index in [1.807, 2.05) is 31.2 Å². The van der Waals surface area contributed by atoms with Crippen molar-refractivity contribution in [3.05, 3.63) is 69.9 Å². The zero-order chi connectivity index (χ0) is 18.5. The van der Waals surface area contributed by atoms with Gasteiger partial charge in [-0.25, -0.2) is 9.78 Å². The highest BCUT2D eigenvalue weighted by molar-refractivity contribution is 7.09. The average molecular weight is 369 g/mol. The summed E-state index contributed by atoms with van der Waals surface area (Å²) in [5.41, 5.74) is 3.01. The number of rotatable bonds is 6. The van der Waals surface area contributed by atoms with Crippen molar-refractivity contribution >= 4 is 28.9 Å². The van der Waals surface area contributed by atoms with E-state index >= 15 is 0 Å². The number of thiazole rings is 1. The van der Waals surface area contributed by atoms with Crippen LogP contribution < -0.4 is 5.32 Å². The van der Waals surface area contributed by atoms with Crippen molar-refractivity contribution in [2.45, 2.75) is 20.0 Å².